The van der Waals surface area contributed by atoms with Crippen molar-refractivity contribution in [1.82, 2.24) is 26.6 Å². The van der Waals surface area contributed by atoms with Crippen molar-refractivity contribution in [2.75, 3.05) is 72.5 Å². The monoisotopic (exact) mass is 1040 g/mol. The number of hydrogen-bond acceptors (Lipinski definition) is 13. The Kier molecular flexibility index (Phi) is 40.6. The van der Waals surface area contributed by atoms with Gasteiger partial charge in [-0.15, -0.1) is 0 Å². The summed E-state index contributed by atoms with van der Waals surface area (Å²) in [6, 6.07) is -2.04. The number of rotatable bonds is 49. The van der Waals surface area contributed by atoms with Crippen molar-refractivity contribution in [2.24, 2.45) is 11.8 Å². The fourth-order valence-corrected chi connectivity index (χ4v) is 8.38. The van der Waals surface area contributed by atoms with Gasteiger partial charge in [0.25, 0.3) is 0 Å². The lowest BCUT2D eigenvalue weighted by molar-refractivity contribution is -0.139. The molecule has 5 amide bonds. The van der Waals surface area contributed by atoms with Crippen LogP contribution < -0.4 is 26.6 Å². The highest BCUT2D eigenvalue weighted by Crippen LogP contribution is 2.29. The van der Waals surface area contributed by atoms with Crippen LogP contribution in [0.3, 0.4) is 0 Å². The second-order valence-corrected chi connectivity index (χ2v) is 19.1. The molecule has 21 nitrogen and oxygen atoms in total. The number of nitrogens with one attached hydrogen (secondary N) is 5. The number of ketones is 1. The summed E-state index contributed by atoms with van der Waals surface area (Å²) in [6.45, 7) is 3.22. The van der Waals surface area contributed by atoms with Crippen LogP contribution in [0, 0.1) is 11.8 Å². The summed E-state index contributed by atoms with van der Waals surface area (Å²) in [5, 5.41) is 41.1. The number of Topliss-reactive ketones (excluding diaryl/α,β-unsaturated/α-hetero) is 1. The van der Waals surface area contributed by atoms with Crippen LogP contribution in [0.1, 0.15) is 180 Å². The number of unbranched alkanes of at least 4 members (excludes halogenated alkanes) is 15. The summed E-state index contributed by atoms with van der Waals surface area (Å²) in [7, 11) is 0. The van der Waals surface area contributed by atoms with E-state index in [9.17, 15) is 53.4 Å². The Labute approximate surface area is 432 Å². The van der Waals surface area contributed by atoms with Crippen molar-refractivity contribution in [2.45, 2.75) is 192 Å². The fraction of sp³-hybridized carbons (Fsp3) is 0.827. The Morgan fingerprint density at radius 2 is 0.959 bits per heavy atom. The lowest BCUT2D eigenvalue weighted by Gasteiger charge is -2.29. The Morgan fingerprint density at radius 1 is 0.466 bits per heavy atom. The van der Waals surface area contributed by atoms with E-state index < -0.39 is 54.6 Å². The van der Waals surface area contributed by atoms with Gasteiger partial charge in [-0.2, -0.15) is 0 Å². The predicted molar refractivity (Wildman–Crippen MR) is 271 cm³/mol. The molecule has 420 valence electrons. The van der Waals surface area contributed by atoms with Gasteiger partial charge in [-0.05, 0) is 64.2 Å². The number of aliphatic carboxylic acids is 3. The molecule has 0 saturated heterocycles. The SMILES string of the molecule is CC(=O)COCCOCCNC(=O)COCCOCCNC(=O)[C@H](CCC(=O)O)NC(=O)CC[C@@H](CC(=O)O)NC(=O)C1CCC(CNC(=O)CCCCCCCCCCCCCCCCCCC(=O)O)CC1. The average Bonchev–Trinajstić information content (AvgIpc) is 3.34. The second-order valence-electron chi connectivity index (χ2n) is 19.1. The van der Waals surface area contributed by atoms with E-state index in [4.69, 9.17) is 24.1 Å². The molecule has 21 heteroatoms. The maximum atomic E-state index is 13.2. The summed E-state index contributed by atoms with van der Waals surface area (Å²) in [6.07, 6.45) is 20.7. The third-order valence-corrected chi connectivity index (χ3v) is 12.5. The van der Waals surface area contributed by atoms with E-state index >= 15 is 0 Å². The molecule has 1 fully saturated rings. The first kappa shape index (κ1) is 66.3. The molecule has 73 heavy (non-hydrogen) atoms. The van der Waals surface area contributed by atoms with Crippen LogP contribution in [-0.2, 0) is 62.1 Å². The van der Waals surface area contributed by atoms with E-state index in [0.717, 1.165) is 51.4 Å². The number of carboxylic acids is 3. The molecule has 1 aliphatic rings. The molecule has 0 aromatic heterocycles. The molecule has 0 bridgehead atoms. The first-order chi connectivity index (χ1) is 35.2. The van der Waals surface area contributed by atoms with Crippen LogP contribution in [0.15, 0.2) is 0 Å². The summed E-state index contributed by atoms with van der Waals surface area (Å²) >= 11 is 0. The standard InChI is InChI=1S/C52H91N5O16/c1-40(58)38-72-34-32-70-30-28-53-47(61)39-73-35-33-71-31-29-54-52(69)44(25-27-49(64)65)57-46(60)26-24-43(36-50(66)67)56-51(68)42-22-20-41(21-23-42)37-55-45(59)18-16-14-12-10-8-6-4-2-3-5-7-9-11-13-15-17-19-48(62)63/h41-44H,2-39H2,1H3,(H,53,61)(H,54,69)(H,55,59)(H,56,68)(H,57,60)(H,62,63)(H,64,65)(H,66,67)/t41?,42?,43-,44-/m0/s1. The molecular formula is C52H91N5O16. The number of hydrogen-bond donors (Lipinski definition) is 8. The molecule has 0 radical (unpaired) electrons. The molecule has 0 aromatic rings. The highest BCUT2D eigenvalue weighted by atomic mass is 16.5. The van der Waals surface area contributed by atoms with E-state index in [2.05, 4.69) is 26.6 Å². The van der Waals surface area contributed by atoms with Crippen LogP contribution in [0.4, 0.5) is 0 Å². The van der Waals surface area contributed by atoms with Gasteiger partial charge >= 0.3 is 17.9 Å². The van der Waals surface area contributed by atoms with Gasteiger partial charge < -0.3 is 60.9 Å². The summed E-state index contributed by atoms with van der Waals surface area (Å²) < 4.78 is 21.0. The zero-order valence-electron chi connectivity index (χ0n) is 43.8. The largest absolute Gasteiger partial charge is 0.481 e. The topological polar surface area (TPSA) is 311 Å². The lowest BCUT2D eigenvalue weighted by Crippen LogP contribution is -2.48. The number of amides is 5. The number of carbonyl (C=O) groups excluding carboxylic acids is 6. The predicted octanol–water partition coefficient (Wildman–Crippen LogP) is 4.99. The molecule has 1 saturated carbocycles. The van der Waals surface area contributed by atoms with Gasteiger partial charge in [-0.1, -0.05) is 89.9 Å². The number of carbonyl (C=O) groups is 9. The minimum absolute atomic E-state index is 0.0201. The van der Waals surface area contributed by atoms with Gasteiger partial charge in [0.2, 0.25) is 29.5 Å². The van der Waals surface area contributed by atoms with Gasteiger partial charge in [0.15, 0.2) is 5.78 Å². The van der Waals surface area contributed by atoms with Gasteiger partial charge in [0.05, 0.1) is 46.1 Å². The van der Waals surface area contributed by atoms with Crippen LogP contribution in [0.2, 0.25) is 0 Å². The fourth-order valence-electron chi connectivity index (χ4n) is 8.38. The van der Waals surface area contributed by atoms with E-state index in [1.54, 1.807) is 0 Å². The minimum Gasteiger partial charge on any atom is -0.481 e. The Bertz CT molecular complexity index is 1580. The maximum Gasteiger partial charge on any atom is 0.305 e. The van der Waals surface area contributed by atoms with E-state index in [0.29, 0.717) is 25.8 Å². The third kappa shape index (κ3) is 41.3. The van der Waals surface area contributed by atoms with Crippen molar-refractivity contribution in [3.63, 3.8) is 0 Å². The summed E-state index contributed by atoms with van der Waals surface area (Å²) in [4.78, 5) is 108. The molecule has 1 rings (SSSR count). The van der Waals surface area contributed by atoms with Crippen LogP contribution in [0.5, 0.6) is 0 Å². The first-order valence-electron chi connectivity index (χ1n) is 27.0. The Balaban J connectivity index is 2.24. The maximum absolute atomic E-state index is 13.2. The van der Waals surface area contributed by atoms with Crippen LogP contribution in [0.25, 0.3) is 0 Å². The summed E-state index contributed by atoms with van der Waals surface area (Å²) in [5.41, 5.74) is 0. The first-order valence-corrected chi connectivity index (χ1v) is 27.0. The van der Waals surface area contributed by atoms with Crippen LogP contribution in [-0.4, -0.2) is 153 Å². The molecule has 8 N–H and O–H groups in total. The normalized spacial score (nSPS) is 15.1. The van der Waals surface area contributed by atoms with E-state index in [1.165, 1.54) is 71.1 Å². The zero-order valence-corrected chi connectivity index (χ0v) is 43.8. The Hall–Kier alpha value is -4.73. The molecule has 0 aliphatic heterocycles. The molecule has 0 spiro atoms. The van der Waals surface area contributed by atoms with Gasteiger partial charge in [0.1, 0.15) is 19.3 Å². The Morgan fingerprint density at radius 3 is 1.48 bits per heavy atom. The average molecular weight is 1040 g/mol. The molecule has 1 aliphatic carbocycles. The van der Waals surface area contributed by atoms with Crippen molar-refractivity contribution in [3.05, 3.63) is 0 Å². The molecule has 0 heterocycles. The van der Waals surface area contributed by atoms with Crippen molar-refractivity contribution >= 4 is 53.2 Å². The zero-order chi connectivity index (χ0) is 53.7. The van der Waals surface area contributed by atoms with E-state index in [-0.39, 0.29) is 127 Å². The minimum atomic E-state index is -1.19. The lowest BCUT2D eigenvalue weighted by atomic mass is 9.81. The molecular weight excluding hydrogens is 951 g/mol. The summed E-state index contributed by atoms with van der Waals surface area (Å²) in [5.74, 6) is -5.02. The van der Waals surface area contributed by atoms with E-state index in [1.807, 2.05) is 0 Å². The molecule has 0 aromatic carbocycles. The molecule has 2 atom stereocenters. The van der Waals surface area contributed by atoms with Gasteiger partial charge in [0, 0.05) is 57.3 Å². The molecule has 0 unspecified atom stereocenters. The highest BCUT2D eigenvalue weighted by molar-refractivity contribution is 5.88. The van der Waals surface area contributed by atoms with Gasteiger partial charge in [-0.3, -0.25) is 43.2 Å². The number of ether oxygens (including phenoxy) is 4. The highest BCUT2D eigenvalue weighted by Gasteiger charge is 2.29. The van der Waals surface area contributed by atoms with Crippen molar-refractivity contribution < 1.29 is 77.4 Å². The van der Waals surface area contributed by atoms with Crippen molar-refractivity contribution in [3.8, 4) is 0 Å². The van der Waals surface area contributed by atoms with Crippen LogP contribution >= 0.6 is 0 Å². The smallest absolute Gasteiger partial charge is 0.305 e. The van der Waals surface area contributed by atoms with Gasteiger partial charge in [-0.25, -0.2) is 0 Å². The quantitative estimate of drug-likeness (QED) is 0.0372. The number of carboxylic acid groups (broad SMARTS) is 3. The third-order valence-electron chi connectivity index (χ3n) is 12.5. The van der Waals surface area contributed by atoms with Crippen molar-refractivity contribution in [1.29, 1.82) is 0 Å². The second kappa shape index (κ2) is 44.7.